The first-order valence-corrected chi connectivity index (χ1v) is 8.49. The molecule has 25 heavy (non-hydrogen) atoms. The highest BCUT2D eigenvalue weighted by molar-refractivity contribution is 6.04. The van der Waals surface area contributed by atoms with E-state index in [4.69, 9.17) is 4.74 Å². The molecule has 2 N–H and O–H groups in total. The molecule has 0 spiro atoms. The van der Waals surface area contributed by atoms with E-state index < -0.39 is 0 Å². The first-order chi connectivity index (χ1) is 12.0. The van der Waals surface area contributed by atoms with Gasteiger partial charge in [0, 0.05) is 23.4 Å². The molecule has 0 saturated heterocycles. The maximum Gasteiger partial charge on any atom is 0.255 e. The van der Waals surface area contributed by atoms with E-state index >= 15 is 0 Å². The smallest absolute Gasteiger partial charge is 0.255 e. The third-order valence-corrected chi connectivity index (χ3v) is 3.75. The van der Waals surface area contributed by atoms with Gasteiger partial charge in [0.05, 0.1) is 6.10 Å². The minimum Gasteiger partial charge on any atom is -0.491 e. The van der Waals surface area contributed by atoms with Crippen molar-refractivity contribution in [3.8, 4) is 5.75 Å². The summed E-state index contributed by atoms with van der Waals surface area (Å²) in [5.41, 5.74) is 1.71. The van der Waals surface area contributed by atoms with Crippen molar-refractivity contribution in [2.75, 3.05) is 11.9 Å². The van der Waals surface area contributed by atoms with Crippen LogP contribution < -0.4 is 15.4 Å². The monoisotopic (exact) mass is 340 g/mol. The van der Waals surface area contributed by atoms with Gasteiger partial charge in [-0.1, -0.05) is 13.0 Å². The first kappa shape index (κ1) is 18.5. The molecule has 0 heterocycles. The Bertz CT molecular complexity index is 726. The van der Waals surface area contributed by atoms with Crippen LogP contribution in [0.15, 0.2) is 48.5 Å². The number of hydrogen-bond donors (Lipinski definition) is 2. The molecule has 0 aliphatic heterocycles. The third-order valence-electron chi connectivity index (χ3n) is 3.75. The molecule has 2 rings (SSSR count). The molecule has 2 aromatic carbocycles. The number of carbonyl (C=O) groups excluding carboxylic acids is 2. The van der Waals surface area contributed by atoms with Gasteiger partial charge in [-0.3, -0.25) is 9.59 Å². The van der Waals surface area contributed by atoms with Crippen molar-refractivity contribution in [3.63, 3.8) is 0 Å². The molecule has 132 valence electrons. The fourth-order valence-electron chi connectivity index (χ4n) is 2.20. The van der Waals surface area contributed by atoms with E-state index in [0.717, 1.165) is 6.42 Å². The second-order valence-electron chi connectivity index (χ2n) is 5.76. The SMILES string of the molecule is CCNC(=O)c1ccc(NC(=O)c2cccc(OC(C)CC)c2)cc1. The van der Waals surface area contributed by atoms with Crippen molar-refractivity contribution >= 4 is 17.5 Å². The Morgan fingerprint density at radius 2 is 1.72 bits per heavy atom. The van der Waals surface area contributed by atoms with Crippen LogP contribution in [0.3, 0.4) is 0 Å². The number of amides is 2. The summed E-state index contributed by atoms with van der Waals surface area (Å²) in [4.78, 5) is 24.1. The van der Waals surface area contributed by atoms with Gasteiger partial charge < -0.3 is 15.4 Å². The molecule has 0 bridgehead atoms. The Morgan fingerprint density at radius 1 is 1.00 bits per heavy atom. The molecule has 0 radical (unpaired) electrons. The van der Waals surface area contributed by atoms with Crippen LogP contribution in [-0.2, 0) is 0 Å². The van der Waals surface area contributed by atoms with Gasteiger partial charge in [0.2, 0.25) is 0 Å². The van der Waals surface area contributed by atoms with Gasteiger partial charge in [0.15, 0.2) is 0 Å². The molecule has 5 nitrogen and oxygen atoms in total. The van der Waals surface area contributed by atoms with Crippen LogP contribution in [0.1, 0.15) is 47.9 Å². The van der Waals surface area contributed by atoms with Crippen molar-refractivity contribution in [2.24, 2.45) is 0 Å². The lowest BCUT2D eigenvalue weighted by atomic mass is 10.1. The van der Waals surface area contributed by atoms with Crippen LogP contribution in [-0.4, -0.2) is 24.5 Å². The summed E-state index contributed by atoms with van der Waals surface area (Å²) in [5.74, 6) is 0.323. The standard InChI is InChI=1S/C20H24N2O3/c1-4-14(3)25-18-8-6-7-16(13-18)20(24)22-17-11-9-15(10-12-17)19(23)21-5-2/h6-14H,4-5H2,1-3H3,(H,21,23)(H,22,24). The Morgan fingerprint density at radius 3 is 2.36 bits per heavy atom. The highest BCUT2D eigenvalue weighted by atomic mass is 16.5. The number of carbonyl (C=O) groups is 2. The molecule has 2 aromatic rings. The topological polar surface area (TPSA) is 67.4 Å². The predicted molar refractivity (Wildman–Crippen MR) is 99.2 cm³/mol. The summed E-state index contributed by atoms with van der Waals surface area (Å²) in [5, 5.41) is 5.56. The molecule has 2 amide bonds. The van der Waals surface area contributed by atoms with Crippen molar-refractivity contribution in [2.45, 2.75) is 33.3 Å². The molecule has 0 aliphatic carbocycles. The second kappa shape index (κ2) is 8.87. The van der Waals surface area contributed by atoms with Crippen LogP contribution in [0.2, 0.25) is 0 Å². The van der Waals surface area contributed by atoms with Gasteiger partial charge in [-0.05, 0) is 62.7 Å². The lowest BCUT2D eigenvalue weighted by Gasteiger charge is -2.13. The quantitative estimate of drug-likeness (QED) is 0.804. The van der Waals surface area contributed by atoms with E-state index in [1.54, 1.807) is 42.5 Å². The van der Waals surface area contributed by atoms with E-state index in [0.29, 0.717) is 29.1 Å². The molecular formula is C20H24N2O3. The lowest BCUT2D eigenvalue weighted by molar-refractivity contribution is 0.0955. The number of benzene rings is 2. The summed E-state index contributed by atoms with van der Waals surface area (Å²) in [7, 11) is 0. The Hall–Kier alpha value is -2.82. The molecule has 0 aliphatic rings. The molecule has 1 atom stereocenters. The largest absolute Gasteiger partial charge is 0.491 e. The van der Waals surface area contributed by atoms with Gasteiger partial charge in [-0.15, -0.1) is 0 Å². The maximum absolute atomic E-state index is 12.4. The molecule has 0 saturated carbocycles. The zero-order chi connectivity index (χ0) is 18.2. The molecule has 5 heteroatoms. The number of nitrogens with one attached hydrogen (secondary N) is 2. The summed E-state index contributed by atoms with van der Waals surface area (Å²) in [6.45, 7) is 6.48. The molecule has 0 fully saturated rings. The molecule has 0 aromatic heterocycles. The molecular weight excluding hydrogens is 316 g/mol. The van der Waals surface area contributed by atoms with Crippen LogP contribution in [0.25, 0.3) is 0 Å². The van der Waals surface area contributed by atoms with Crippen LogP contribution in [0.4, 0.5) is 5.69 Å². The number of rotatable bonds is 7. The number of anilines is 1. The summed E-state index contributed by atoms with van der Waals surface area (Å²) in [6, 6.07) is 13.9. The van der Waals surface area contributed by atoms with Crippen molar-refractivity contribution < 1.29 is 14.3 Å². The summed E-state index contributed by atoms with van der Waals surface area (Å²) in [6.07, 6.45) is 0.995. The maximum atomic E-state index is 12.4. The van der Waals surface area contributed by atoms with Crippen LogP contribution in [0, 0.1) is 0 Å². The fraction of sp³-hybridized carbons (Fsp3) is 0.300. The third kappa shape index (κ3) is 5.35. The number of ether oxygens (including phenoxy) is 1. The predicted octanol–water partition coefficient (Wildman–Crippen LogP) is 3.87. The van der Waals surface area contributed by atoms with E-state index in [-0.39, 0.29) is 17.9 Å². The average Bonchev–Trinajstić information content (AvgIpc) is 2.62. The van der Waals surface area contributed by atoms with Crippen molar-refractivity contribution in [1.82, 2.24) is 5.32 Å². The van der Waals surface area contributed by atoms with Crippen LogP contribution >= 0.6 is 0 Å². The van der Waals surface area contributed by atoms with Gasteiger partial charge in [0.25, 0.3) is 11.8 Å². The minimum absolute atomic E-state index is 0.0973. The van der Waals surface area contributed by atoms with Gasteiger partial charge in [0.1, 0.15) is 5.75 Å². The van der Waals surface area contributed by atoms with E-state index in [2.05, 4.69) is 10.6 Å². The Labute approximate surface area is 148 Å². The fourth-order valence-corrected chi connectivity index (χ4v) is 2.20. The normalized spacial score (nSPS) is 11.5. The Kier molecular flexibility index (Phi) is 6.57. The zero-order valence-corrected chi connectivity index (χ0v) is 14.8. The first-order valence-electron chi connectivity index (χ1n) is 8.49. The Balaban J connectivity index is 2.04. The van der Waals surface area contributed by atoms with Gasteiger partial charge in [-0.25, -0.2) is 0 Å². The van der Waals surface area contributed by atoms with Crippen LogP contribution in [0.5, 0.6) is 5.75 Å². The summed E-state index contributed by atoms with van der Waals surface area (Å²) >= 11 is 0. The van der Waals surface area contributed by atoms with Crippen molar-refractivity contribution in [1.29, 1.82) is 0 Å². The zero-order valence-electron chi connectivity index (χ0n) is 14.8. The van der Waals surface area contributed by atoms with Gasteiger partial charge in [-0.2, -0.15) is 0 Å². The highest BCUT2D eigenvalue weighted by Gasteiger charge is 2.10. The van der Waals surface area contributed by atoms with E-state index in [9.17, 15) is 9.59 Å². The lowest BCUT2D eigenvalue weighted by Crippen LogP contribution is -2.22. The second-order valence-corrected chi connectivity index (χ2v) is 5.76. The molecule has 1 unspecified atom stereocenters. The minimum atomic E-state index is -0.222. The highest BCUT2D eigenvalue weighted by Crippen LogP contribution is 2.17. The van der Waals surface area contributed by atoms with Gasteiger partial charge >= 0.3 is 0 Å². The van der Waals surface area contributed by atoms with E-state index in [1.165, 1.54) is 0 Å². The van der Waals surface area contributed by atoms with Crippen molar-refractivity contribution in [3.05, 3.63) is 59.7 Å². The van der Waals surface area contributed by atoms with E-state index in [1.807, 2.05) is 26.8 Å². The summed E-state index contributed by atoms with van der Waals surface area (Å²) < 4.78 is 5.75. The number of hydrogen-bond acceptors (Lipinski definition) is 3. The average molecular weight is 340 g/mol.